The Morgan fingerprint density at radius 1 is 0.864 bits per heavy atom. The first-order valence-corrected chi connectivity index (χ1v) is 18.9. The fraction of sp³-hybridized carbons (Fsp3) is 0.244. The lowest BCUT2D eigenvalue weighted by Crippen LogP contribution is -2.48. The summed E-state index contributed by atoms with van der Waals surface area (Å²) >= 11 is 0. The van der Waals surface area contributed by atoms with E-state index in [0.717, 1.165) is 11.1 Å². The van der Waals surface area contributed by atoms with Crippen molar-refractivity contribution >= 4 is 46.5 Å². The van der Waals surface area contributed by atoms with Crippen molar-refractivity contribution in [2.75, 3.05) is 16.8 Å². The number of nitrogens with one attached hydrogen (secondary N) is 1. The molecule has 14 nitrogen and oxygen atoms in total. The van der Waals surface area contributed by atoms with E-state index >= 15 is 0 Å². The third-order valence-corrected chi connectivity index (χ3v) is 9.44. The van der Waals surface area contributed by atoms with Gasteiger partial charge in [0.15, 0.2) is 29.1 Å². The number of imidazole rings is 1. The lowest BCUT2D eigenvalue weighted by molar-refractivity contribution is -0.158. The van der Waals surface area contributed by atoms with Crippen molar-refractivity contribution in [1.29, 1.82) is 0 Å². The Morgan fingerprint density at radius 3 is 2.00 bits per heavy atom. The lowest BCUT2D eigenvalue weighted by atomic mass is 9.96. The largest absolute Gasteiger partial charge is 0.455 e. The van der Waals surface area contributed by atoms with Crippen molar-refractivity contribution in [3.63, 3.8) is 0 Å². The molecule has 3 heterocycles. The summed E-state index contributed by atoms with van der Waals surface area (Å²) in [5, 5.41) is 2.70. The number of carbonyl (C=O) groups is 3. The quantitative estimate of drug-likeness (QED) is 0.0867. The molecular formula is C45H42N6O8. The number of amides is 2. The third kappa shape index (κ3) is 9.13. The van der Waals surface area contributed by atoms with Gasteiger partial charge in [0, 0.05) is 12.8 Å². The molecule has 0 aliphatic carbocycles. The summed E-state index contributed by atoms with van der Waals surface area (Å²) in [7, 11) is 0. The highest BCUT2D eigenvalue weighted by Gasteiger charge is 2.58. The van der Waals surface area contributed by atoms with E-state index in [-0.39, 0.29) is 42.8 Å². The molecule has 7 rings (SSSR count). The first-order chi connectivity index (χ1) is 28.7. The second-order valence-corrected chi connectivity index (χ2v) is 14.0. The van der Waals surface area contributed by atoms with Crippen molar-refractivity contribution in [2.45, 2.75) is 58.0 Å². The summed E-state index contributed by atoms with van der Waals surface area (Å²) in [6.45, 7) is 4.84. The normalized spacial score (nSPS) is 18.6. The number of terminal acetylenes is 1. The van der Waals surface area contributed by atoms with E-state index in [9.17, 15) is 14.4 Å². The van der Waals surface area contributed by atoms with Gasteiger partial charge in [-0.15, -0.1) is 6.42 Å². The SMILES string of the molecule is C#C[C@]1(COCc2ccccc2)OC(n2cnc3c(OC(=O)N(c4ccccc4)c4ccccc4)nc(NC(=O)C(C)C)nc32)C(OC(C)=O)C1OCc1ccccc1. The van der Waals surface area contributed by atoms with Crippen molar-refractivity contribution in [3.05, 3.63) is 139 Å². The maximum atomic E-state index is 14.2. The van der Waals surface area contributed by atoms with Crippen LogP contribution >= 0.6 is 0 Å². The molecule has 0 bridgehead atoms. The van der Waals surface area contributed by atoms with Gasteiger partial charge >= 0.3 is 12.1 Å². The zero-order valence-electron chi connectivity index (χ0n) is 32.6. The number of esters is 1. The summed E-state index contributed by atoms with van der Waals surface area (Å²) in [4.78, 5) is 55.1. The van der Waals surface area contributed by atoms with Crippen molar-refractivity contribution in [2.24, 2.45) is 5.92 Å². The number of para-hydroxylation sites is 2. The van der Waals surface area contributed by atoms with Crippen LogP contribution in [-0.4, -0.2) is 61.9 Å². The number of carbonyl (C=O) groups excluding carboxylic acids is 3. The molecule has 0 spiro atoms. The number of hydrogen-bond donors (Lipinski definition) is 1. The van der Waals surface area contributed by atoms with Crippen LogP contribution in [-0.2, 0) is 41.8 Å². The molecule has 59 heavy (non-hydrogen) atoms. The highest BCUT2D eigenvalue weighted by Crippen LogP contribution is 2.43. The van der Waals surface area contributed by atoms with Crippen LogP contribution in [0.25, 0.3) is 11.2 Å². The lowest BCUT2D eigenvalue weighted by Gasteiger charge is -2.30. The summed E-state index contributed by atoms with van der Waals surface area (Å²) in [6, 6.07) is 36.9. The zero-order valence-corrected chi connectivity index (χ0v) is 32.6. The highest BCUT2D eigenvalue weighted by molar-refractivity contribution is 5.98. The molecule has 1 aliphatic rings. The van der Waals surface area contributed by atoms with E-state index in [1.54, 1.807) is 62.4 Å². The molecular weight excluding hydrogens is 753 g/mol. The van der Waals surface area contributed by atoms with E-state index in [0.29, 0.717) is 11.4 Å². The predicted octanol–water partition coefficient (Wildman–Crippen LogP) is 7.39. The monoisotopic (exact) mass is 794 g/mol. The van der Waals surface area contributed by atoms with E-state index in [1.165, 1.54) is 22.7 Å². The molecule has 4 aromatic carbocycles. The Hall–Kier alpha value is -6.92. The van der Waals surface area contributed by atoms with Gasteiger partial charge in [-0.25, -0.2) is 14.7 Å². The fourth-order valence-electron chi connectivity index (χ4n) is 6.55. The number of rotatable bonds is 14. The van der Waals surface area contributed by atoms with Gasteiger partial charge in [0.05, 0.1) is 37.5 Å². The number of fused-ring (bicyclic) bond motifs is 1. The second-order valence-electron chi connectivity index (χ2n) is 14.0. The Morgan fingerprint density at radius 2 is 1.44 bits per heavy atom. The molecule has 2 aromatic heterocycles. The first-order valence-electron chi connectivity index (χ1n) is 18.9. The smallest absolute Gasteiger partial charge is 0.425 e. The second kappa shape index (κ2) is 18.1. The van der Waals surface area contributed by atoms with Crippen LogP contribution in [0.1, 0.15) is 38.1 Å². The Balaban J connectivity index is 1.31. The minimum absolute atomic E-state index is 0.0347. The van der Waals surface area contributed by atoms with Crippen LogP contribution in [0, 0.1) is 18.3 Å². The van der Waals surface area contributed by atoms with E-state index < -0.39 is 47.9 Å². The standard InChI is InChI=1S/C45H42N6O8/c1-5-45(28-55-26-32-18-10-6-11-19-32)38(56-27-33-20-12-7-13-21-33)37(57-31(4)52)42(59-45)50-29-46-36-39(50)47-43(48-40(53)30(2)3)49-41(36)58-44(54)51(34-22-14-8-15-23-34)35-24-16-9-17-25-35/h1,6-25,29-30,37-38,42H,26-28H2,2-4H3,(H,47,48,49,53)/t37?,38?,42?,45-/m1/s1. The topological polar surface area (TPSA) is 156 Å². The molecule has 1 aliphatic heterocycles. The molecule has 3 unspecified atom stereocenters. The highest BCUT2D eigenvalue weighted by atomic mass is 16.6. The van der Waals surface area contributed by atoms with Crippen molar-refractivity contribution in [1.82, 2.24) is 19.5 Å². The molecule has 1 fully saturated rings. The van der Waals surface area contributed by atoms with Gasteiger partial charge in [-0.1, -0.05) is 117 Å². The molecule has 6 aromatic rings. The summed E-state index contributed by atoms with van der Waals surface area (Å²) in [5.74, 6) is 0.851. The molecule has 1 saturated heterocycles. The van der Waals surface area contributed by atoms with Gasteiger partial charge in [-0.2, -0.15) is 9.97 Å². The molecule has 1 N–H and O–H groups in total. The van der Waals surface area contributed by atoms with Crippen LogP contribution in [0.2, 0.25) is 0 Å². The first kappa shape index (κ1) is 40.3. The van der Waals surface area contributed by atoms with Crippen molar-refractivity contribution < 1.29 is 38.1 Å². The summed E-state index contributed by atoms with van der Waals surface area (Å²) in [5.41, 5.74) is 1.29. The van der Waals surface area contributed by atoms with E-state index in [1.807, 2.05) is 72.8 Å². The molecule has 14 heteroatoms. The molecule has 2 amide bonds. The number of hydrogen-bond acceptors (Lipinski definition) is 11. The van der Waals surface area contributed by atoms with Gasteiger partial charge in [-0.05, 0) is 35.4 Å². The fourth-order valence-corrected chi connectivity index (χ4v) is 6.55. The number of benzene rings is 4. The van der Waals surface area contributed by atoms with E-state index in [4.69, 9.17) is 30.1 Å². The molecule has 300 valence electrons. The predicted molar refractivity (Wildman–Crippen MR) is 218 cm³/mol. The van der Waals surface area contributed by atoms with Crippen molar-refractivity contribution in [3.8, 4) is 18.2 Å². The molecule has 0 saturated carbocycles. The Bertz CT molecular complexity index is 2390. The summed E-state index contributed by atoms with van der Waals surface area (Å²) < 4.78 is 32.9. The maximum Gasteiger partial charge on any atom is 0.425 e. The zero-order chi connectivity index (χ0) is 41.4. The number of ether oxygens (including phenoxy) is 5. The number of anilines is 3. The Labute approximate surface area is 341 Å². The third-order valence-electron chi connectivity index (χ3n) is 9.44. The minimum Gasteiger partial charge on any atom is -0.455 e. The molecule has 0 radical (unpaired) electrons. The van der Waals surface area contributed by atoms with Gasteiger partial charge in [0.25, 0.3) is 5.88 Å². The Kier molecular flexibility index (Phi) is 12.4. The average molecular weight is 795 g/mol. The van der Waals surface area contributed by atoms with Crippen LogP contribution in [0.15, 0.2) is 128 Å². The van der Waals surface area contributed by atoms with Crippen LogP contribution in [0.4, 0.5) is 22.1 Å². The van der Waals surface area contributed by atoms with Gasteiger partial charge in [0.2, 0.25) is 11.9 Å². The average Bonchev–Trinajstić information content (AvgIpc) is 3.80. The van der Waals surface area contributed by atoms with E-state index in [2.05, 4.69) is 26.2 Å². The van der Waals surface area contributed by atoms with Gasteiger partial charge < -0.3 is 23.7 Å². The minimum atomic E-state index is -1.60. The maximum absolute atomic E-state index is 14.2. The number of aromatic nitrogens is 4. The number of nitrogens with zero attached hydrogens (tertiary/aromatic N) is 5. The molecule has 4 atom stereocenters. The van der Waals surface area contributed by atoms with Crippen LogP contribution in [0.3, 0.4) is 0 Å². The van der Waals surface area contributed by atoms with Crippen LogP contribution in [0.5, 0.6) is 5.88 Å². The van der Waals surface area contributed by atoms with Crippen LogP contribution < -0.4 is 15.0 Å². The van der Waals surface area contributed by atoms with Gasteiger partial charge in [0.1, 0.15) is 6.10 Å². The summed E-state index contributed by atoms with van der Waals surface area (Å²) in [6.07, 6.45) is 3.41. The van der Waals surface area contributed by atoms with Gasteiger partial charge in [-0.3, -0.25) is 19.5 Å².